The van der Waals surface area contributed by atoms with Gasteiger partial charge >= 0.3 is 0 Å². The van der Waals surface area contributed by atoms with Crippen LogP contribution >= 0.6 is 0 Å². The van der Waals surface area contributed by atoms with Crippen LogP contribution in [0.25, 0.3) is 0 Å². The molecule has 0 bridgehead atoms. The quantitative estimate of drug-likeness (QED) is 0.812. The molecule has 0 aliphatic rings. The average molecular weight is 231 g/mol. The van der Waals surface area contributed by atoms with Crippen molar-refractivity contribution < 1.29 is 13.2 Å². The molecule has 0 spiro atoms. The van der Waals surface area contributed by atoms with Crippen molar-refractivity contribution >= 4 is 8.32 Å². The Bertz CT molecular complexity index is 363. The SMILES string of the molecule is C[Si](C)(C)Oc1c(F)ccc(F)c1CN. The van der Waals surface area contributed by atoms with E-state index in [1.54, 1.807) is 0 Å². The van der Waals surface area contributed by atoms with Gasteiger partial charge in [0.1, 0.15) is 11.6 Å². The van der Waals surface area contributed by atoms with Gasteiger partial charge in [-0.3, -0.25) is 0 Å². The summed E-state index contributed by atoms with van der Waals surface area (Å²) < 4.78 is 32.2. The maximum absolute atomic E-state index is 13.4. The third kappa shape index (κ3) is 3.00. The summed E-state index contributed by atoms with van der Waals surface area (Å²) in [5.74, 6) is -1.11. The molecule has 0 fully saturated rings. The summed E-state index contributed by atoms with van der Waals surface area (Å²) >= 11 is 0. The highest BCUT2D eigenvalue weighted by Gasteiger charge is 2.22. The third-order valence-corrected chi connectivity index (χ3v) is 2.58. The summed E-state index contributed by atoms with van der Waals surface area (Å²) in [5.41, 5.74) is 5.48. The van der Waals surface area contributed by atoms with Gasteiger partial charge in [-0.2, -0.15) is 0 Å². The summed E-state index contributed by atoms with van der Waals surface area (Å²) in [6, 6.07) is 2.12. The van der Waals surface area contributed by atoms with Crippen LogP contribution in [-0.4, -0.2) is 8.32 Å². The minimum Gasteiger partial charge on any atom is -0.542 e. The van der Waals surface area contributed by atoms with E-state index in [4.69, 9.17) is 10.2 Å². The number of halogens is 2. The predicted molar refractivity (Wildman–Crippen MR) is 58.2 cm³/mol. The first kappa shape index (κ1) is 12.1. The zero-order valence-electron chi connectivity index (χ0n) is 9.10. The summed E-state index contributed by atoms with van der Waals surface area (Å²) in [6.07, 6.45) is 0. The summed E-state index contributed by atoms with van der Waals surface area (Å²) in [5, 5.41) is 0. The van der Waals surface area contributed by atoms with Crippen molar-refractivity contribution in [2.45, 2.75) is 26.2 Å². The first-order chi connectivity index (χ1) is 6.85. The van der Waals surface area contributed by atoms with Crippen molar-refractivity contribution in [1.29, 1.82) is 0 Å². The minimum atomic E-state index is -1.96. The highest BCUT2D eigenvalue weighted by Crippen LogP contribution is 2.27. The van der Waals surface area contributed by atoms with E-state index in [-0.39, 0.29) is 17.9 Å². The molecule has 0 unspecified atom stereocenters. The van der Waals surface area contributed by atoms with Gasteiger partial charge in [-0.15, -0.1) is 0 Å². The fourth-order valence-electron chi connectivity index (χ4n) is 1.18. The van der Waals surface area contributed by atoms with Gasteiger partial charge in [-0.25, -0.2) is 8.78 Å². The molecule has 2 N–H and O–H groups in total. The molecule has 0 saturated carbocycles. The molecular weight excluding hydrogens is 216 g/mol. The molecule has 0 atom stereocenters. The van der Waals surface area contributed by atoms with E-state index < -0.39 is 20.0 Å². The molecule has 15 heavy (non-hydrogen) atoms. The molecule has 0 aromatic heterocycles. The number of benzene rings is 1. The van der Waals surface area contributed by atoms with Gasteiger partial charge in [0.15, 0.2) is 5.82 Å². The fourth-order valence-corrected chi connectivity index (χ4v) is 2.02. The lowest BCUT2D eigenvalue weighted by Gasteiger charge is -2.22. The Morgan fingerprint density at radius 1 is 1.20 bits per heavy atom. The van der Waals surface area contributed by atoms with Crippen LogP contribution < -0.4 is 10.2 Å². The molecule has 1 rings (SSSR count). The van der Waals surface area contributed by atoms with E-state index in [1.165, 1.54) is 0 Å². The minimum absolute atomic E-state index is 0.0309. The van der Waals surface area contributed by atoms with Gasteiger partial charge in [0.25, 0.3) is 0 Å². The number of hydrogen-bond acceptors (Lipinski definition) is 2. The number of hydrogen-bond donors (Lipinski definition) is 1. The molecule has 5 heteroatoms. The first-order valence-electron chi connectivity index (χ1n) is 4.71. The zero-order valence-corrected chi connectivity index (χ0v) is 10.1. The Morgan fingerprint density at radius 3 is 2.20 bits per heavy atom. The molecular formula is C10H15F2NOSi. The number of nitrogens with two attached hydrogens (primary N) is 1. The standard InChI is InChI=1S/C10H15F2NOSi/c1-15(2,3)14-10-7(6-13)8(11)4-5-9(10)12/h4-5H,6,13H2,1-3H3. The second kappa shape index (κ2) is 4.28. The van der Waals surface area contributed by atoms with E-state index in [0.29, 0.717) is 0 Å². The van der Waals surface area contributed by atoms with Gasteiger partial charge in [0.05, 0.1) is 0 Å². The molecule has 0 saturated heterocycles. The van der Waals surface area contributed by atoms with Crippen LogP contribution in [-0.2, 0) is 6.54 Å². The molecule has 0 radical (unpaired) electrons. The summed E-state index contributed by atoms with van der Waals surface area (Å²) in [4.78, 5) is 0. The normalized spacial score (nSPS) is 11.6. The van der Waals surface area contributed by atoms with Crippen LogP contribution in [0.2, 0.25) is 19.6 Å². The Labute approximate surface area is 89.2 Å². The van der Waals surface area contributed by atoms with Crippen molar-refractivity contribution in [3.8, 4) is 5.75 Å². The molecule has 2 nitrogen and oxygen atoms in total. The van der Waals surface area contributed by atoms with E-state index in [0.717, 1.165) is 12.1 Å². The smallest absolute Gasteiger partial charge is 0.242 e. The monoisotopic (exact) mass is 231 g/mol. The summed E-state index contributed by atoms with van der Waals surface area (Å²) in [6.45, 7) is 5.64. The number of rotatable bonds is 3. The molecule has 0 heterocycles. The van der Waals surface area contributed by atoms with Gasteiger partial charge in [-0.05, 0) is 31.8 Å². The lowest BCUT2D eigenvalue weighted by atomic mass is 10.2. The molecule has 1 aromatic carbocycles. The zero-order chi connectivity index (χ0) is 11.6. The van der Waals surface area contributed by atoms with Crippen molar-refractivity contribution in [2.24, 2.45) is 5.73 Å². The van der Waals surface area contributed by atoms with Crippen LogP contribution in [0.3, 0.4) is 0 Å². The van der Waals surface area contributed by atoms with E-state index in [9.17, 15) is 8.78 Å². The highest BCUT2D eigenvalue weighted by atomic mass is 28.4. The third-order valence-electron chi connectivity index (χ3n) is 1.77. The first-order valence-corrected chi connectivity index (χ1v) is 8.12. The Kier molecular flexibility index (Phi) is 3.46. The Morgan fingerprint density at radius 2 is 1.73 bits per heavy atom. The van der Waals surface area contributed by atoms with Crippen LogP contribution in [0.15, 0.2) is 12.1 Å². The predicted octanol–water partition coefficient (Wildman–Crippen LogP) is 2.64. The maximum Gasteiger partial charge on any atom is 0.242 e. The lowest BCUT2D eigenvalue weighted by Crippen LogP contribution is -2.30. The Hall–Kier alpha value is -0.943. The van der Waals surface area contributed by atoms with Crippen LogP contribution in [0.4, 0.5) is 8.78 Å². The second-order valence-corrected chi connectivity index (χ2v) is 8.68. The van der Waals surface area contributed by atoms with Crippen LogP contribution in [0.5, 0.6) is 5.75 Å². The fraction of sp³-hybridized carbons (Fsp3) is 0.400. The molecule has 1 aromatic rings. The van der Waals surface area contributed by atoms with E-state index in [1.807, 2.05) is 19.6 Å². The molecule has 0 aliphatic heterocycles. The van der Waals surface area contributed by atoms with E-state index >= 15 is 0 Å². The topological polar surface area (TPSA) is 35.2 Å². The van der Waals surface area contributed by atoms with Crippen LogP contribution in [0.1, 0.15) is 5.56 Å². The molecule has 0 amide bonds. The van der Waals surface area contributed by atoms with Gasteiger partial charge in [-0.1, -0.05) is 0 Å². The Balaban J connectivity index is 3.20. The summed E-state index contributed by atoms with van der Waals surface area (Å²) in [7, 11) is -1.96. The molecule has 0 aliphatic carbocycles. The average Bonchev–Trinajstić information content (AvgIpc) is 2.10. The van der Waals surface area contributed by atoms with Crippen molar-refractivity contribution in [2.75, 3.05) is 0 Å². The maximum atomic E-state index is 13.4. The lowest BCUT2D eigenvalue weighted by molar-refractivity contribution is 0.476. The van der Waals surface area contributed by atoms with Crippen molar-refractivity contribution in [3.05, 3.63) is 29.3 Å². The molecule has 84 valence electrons. The van der Waals surface area contributed by atoms with Crippen molar-refractivity contribution in [3.63, 3.8) is 0 Å². The van der Waals surface area contributed by atoms with E-state index in [2.05, 4.69) is 0 Å². The van der Waals surface area contributed by atoms with Gasteiger partial charge < -0.3 is 10.2 Å². The van der Waals surface area contributed by atoms with Gasteiger partial charge in [0.2, 0.25) is 8.32 Å². The van der Waals surface area contributed by atoms with Crippen molar-refractivity contribution in [1.82, 2.24) is 0 Å². The van der Waals surface area contributed by atoms with Gasteiger partial charge in [0, 0.05) is 12.1 Å². The second-order valence-electron chi connectivity index (χ2n) is 4.26. The largest absolute Gasteiger partial charge is 0.542 e. The van der Waals surface area contributed by atoms with Crippen LogP contribution in [0, 0.1) is 11.6 Å². The highest BCUT2D eigenvalue weighted by molar-refractivity contribution is 6.70.